The molecule has 1 N–H and O–H groups in total. The van der Waals surface area contributed by atoms with Crippen LogP contribution in [0.5, 0.6) is 0 Å². The van der Waals surface area contributed by atoms with Crippen molar-refractivity contribution in [1.29, 1.82) is 0 Å². The zero-order valence-electron chi connectivity index (χ0n) is 14.6. The fourth-order valence-corrected chi connectivity index (χ4v) is 2.77. The van der Waals surface area contributed by atoms with Gasteiger partial charge in [-0.3, -0.25) is 4.79 Å². The third-order valence-electron chi connectivity index (χ3n) is 3.91. The van der Waals surface area contributed by atoms with Crippen molar-refractivity contribution in [2.24, 2.45) is 0 Å². The molecule has 1 heterocycles. The van der Waals surface area contributed by atoms with E-state index in [4.69, 9.17) is 4.42 Å². The Labute approximate surface area is 147 Å². The molecule has 2 aromatic carbocycles. The van der Waals surface area contributed by atoms with E-state index in [1.807, 2.05) is 69.7 Å². The molecule has 5 nitrogen and oxygen atoms in total. The lowest BCUT2D eigenvalue weighted by molar-refractivity contribution is 0.112. The van der Waals surface area contributed by atoms with E-state index in [0.717, 1.165) is 35.2 Å². The number of carbonyl (C=O) groups is 1. The number of oxazole rings is 1. The molecular formula is C20H21N3O2. The number of carbonyl (C=O) groups excluding carboxylic acids is 1. The van der Waals surface area contributed by atoms with Crippen LogP contribution in [0.25, 0.3) is 22.8 Å². The first-order chi connectivity index (χ1) is 12.1. The normalized spacial score (nSPS) is 10.9. The minimum absolute atomic E-state index is 0.312. The molecule has 0 saturated carbocycles. The summed E-state index contributed by atoms with van der Waals surface area (Å²) in [6.07, 6.45) is 0.739. The average molecular weight is 335 g/mol. The first-order valence-corrected chi connectivity index (χ1v) is 8.09. The van der Waals surface area contributed by atoms with Crippen LogP contribution in [0.2, 0.25) is 0 Å². The van der Waals surface area contributed by atoms with Crippen molar-refractivity contribution in [1.82, 2.24) is 9.88 Å². The summed E-state index contributed by atoms with van der Waals surface area (Å²) in [5.41, 5.74) is 4.17. The van der Waals surface area contributed by atoms with Crippen LogP contribution in [0.1, 0.15) is 16.1 Å². The van der Waals surface area contributed by atoms with Crippen molar-refractivity contribution in [3.05, 3.63) is 59.8 Å². The molecule has 0 amide bonds. The molecule has 3 rings (SSSR count). The summed E-state index contributed by atoms with van der Waals surface area (Å²) in [6, 6.07) is 15.5. The average Bonchev–Trinajstić information content (AvgIpc) is 3.06. The third kappa shape index (κ3) is 3.61. The largest absolute Gasteiger partial charge is 0.435 e. The van der Waals surface area contributed by atoms with Crippen LogP contribution >= 0.6 is 0 Å². The van der Waals surface area contributed by atoms with Crippen LogP contribution in [0.15, 0.2) is 52.9 Å². The summed E-state index contributed by atoms with van der Waals surface area (Å²) in [7, 11) is 5.93. The summed E-state index contributed by atoms with van der Waals surface area (Å²) < 4.78 is 5.93. The Morgan fingerprint density at radius 3 is 2.52 bits per heavy atom. The molecule has 0 spiro atoms. The highest BCUT2D eigenvalue weighted by Crippen LogP contribution is 2.31. The zero-order valence-corrected chi connectivity index (χ0v) is 14.6. The van der Waals surface area contributed by atoms with Crippen LogP contribution in [0, 0.1) is 0 Å². The maximum absolute atomic E-state index is 11.5. The van der Waals surface area contributed by atoms with Gasteiger partial charge in [-0.2, -0.15) is 0 Å². The van der Waals surface area contributed by atoms with Gasteiger partial charge in [0.2, 0.25) is 5.89 Å². The molecule has 0 aliphatic rings. The molecule has 0 saturated heterocycles. The van der Waals surface area contributed by atoms with Gasteiger partial charge in [0, 0.05) is 30.4 Å². The van der Waals surface area contributed by atoms with E-state index >= 15 is 0 Å². The summed E-state index contributed by atoms with van der Waals surface area (Å²) in [5, 5.41) is 3.20. The number of aromatic nitrogens is 1. The van der Waals surface area contributed by atoms with Gasteiger partial charge >= 0.3 is 0 Å². The topological polar surface area (TPSA) is 58.4 Å². The van der Waals surface area contributed by atoms with E-state index in [1.165, 1.54) is 0 Å². The van der Waals surface area contributed by atoms with E-state index in [-0.39, 0.29) is 0 Å². The molecule has 0 radical (unpaired) electrons. The van der Waals surface area contributed by atoms with Crippen molar-refractivity contribution in [2.75, 3.05) is 26.5 Å². The van der Waals surface area contributed by atoms with E-state index in [1.54, 1.807) is 0 Å². The molecule has 0 fully saturated rings. The fourth-order valence-electron chi connectivity index (χ4n) is 2.77. The molecule has 0 unspecified atom stereocenters. The van der Waals surface area contributed by atoms with Crippen LogP contribution in [0.4, 0.5) is 5.69 Å². The number of aldehydes is 1. The van der Waals surface area contributed by atoms with Gasteiger partial charge in [-0.15, -0.1) is 0 Å². The van der Waals surface area contributed by atoms with Crippen LogP contribution < -0.4 is 5.32 Å². The Kier molecular flexibility index (Phi) is 4.95. The minimum atomic E-state index is 0.312. The summed E-state index contributed by atoms with van der Waals surface area (Å²) >= 11 is 0. The van der Waals surface area contributed by atoms with Crippen molar-refractivity contribution in [2.45, 2.75) is 6.54 Å². The predicted molar refractivity (Wildman–Crippen MR) is 99.7 cm³/mol. The highest BCUT2D eigenvalue weighted by atomic mass is 16.4. The van der Waals surface area contributed by atoms with Gasteiger partial charge in [0.05, 0.1) is 0 Å². The summed E-state index contributed by atoms with van der Waals surface area (Å²) in [5.74, 6) is 0.945. The van der Waals surface area contributed by atoms with E-state index in [2.05, 4.69) is 15.2 Å². The van der Waals surface area contributed by atoms with Crippen molar-refractivity contribution < 1.29 is 9.21 Å². The van der Waals surface area contributed by atoms with Crippen molar-refractivity contribution in [3.63, 3.8) is 0 Å². The standard InChI is InChI=1S/C20H21N3O2/c1-21-17-10-9-15(11-16(17)12-23(2)3)19-18(13-24)22-20(25-19)14-7-5-4-6-8-14/h4-11,13,21H,12H2,1-3H3. The molecule has 5 heteroatoms. The second kappa shape index (κ2) is 7.32. The zero-order chi connectivity index (χ0) is 17.8. The van der Waals surface area contributed by atoms with Gasteiger partial charge in [0.25, 0.3) is 0 Å². The quantitative estimate of drug-likeness (QED) is 0.692. The molecule has 128 valence electrons. The molecule has 0 aliphatic carbocycles. The molecule has 25 heavy (non-hydrogen) atoms. The van der Waals surface area contributed by atoms with Gasteiger partial charge in [-0.25, -0.2) is 4.98 Å². The second-order valence-corrected chi connectivity index (χ2v) is 6.08. The highest BCUT2D eigenvalue weighted by molar-refractivity contribution is 5.84. The molecule has 0 bridgehead atoms. The Bertz CT molecular complexity index is 870. The lowest BCUT2D eigenvalue weighted by Gasteiger charge is -2.15. The Balaban J connectivity index is 2.07. The molecule has 0 aliphatic heterocycles. The SMILES string of the molecule is CNc1ccc(-c2oc(-c3ccccc3)nc2C=O)cc1CN(C)C. The van der Waals surface area contributed by atoms with Crippen molar-refractivity contribution in [3.8, 4) is 22.8 Å². The van der Waals surface area contributed by atoms with Gasteiger partial charge < -0.3 is 14.6 Å². The Morgan fingerprint density at radius 1 is 1.12 bits per heavy atom. The number of rotatable bonds is 6. The lowest BCUT2D eigenvalue weighted by atomic mass is 10.1. The van der Waals surface area contributed by atoms with Crippen LogP contribution in [0.3, 0.4) is 0 Å². The fraction of sp³-hybridized carbons (Fsp3) is 0.200. The first kappa shape index (κ1) is 16.9. The van der Waals surface area contributed by atoms with Gasteiger partial charge in [0.15, 0.2) is 17.7 Å². The molecule has 0 atom stereocenters. The first-order valence-electron chi connectivity index (χ1n) is 8.09. The Morgan fingerprint density at radius 2 is 1.88 bits per heavy atom. The maximum Gasteiger partial charge on any atom is 0.227 e. The molecular weight excluding hydrogens is 314 g/mol. The van der Waals surface area contributed by atoms with Gasteiger partial charge in [-0.05, 0) is 50.0 Å². The van der Waals surface area contributed by atoms with E-state index in [0.29, 0.717) is 17.3 Å². The van der Waals surface area contributed by atoms with Crippen LogP contribution in [-0.4, -0.2) is 37.3 Å². The maximum atomic E-state index is 11.5. The third-order valence-corrected chi connectivity index (χ3v) is 3.91. The number of anilines is 1. The molecule has 1 aromatic heterocycles. The smallest absolute Gasteiger partial charge is 0.227 e. The number of nitrogens with zero attached hydrogens (tertiary/aromatic N) is 2. The van der Waals surface area contributed by atoms with Gasteiger partial charge in [0.1, 0.15) is 0 Å². The number of hydrogen-bond donors (Lipinski definition) is 1. The number of benzene rings is 2. The monoisotopic (exact) mass is 335 g/mol. The Hall–Kier alpha value is -2.92. The van der Waals surface area contributed by atoms with Gasteiger partial charge in [-0.1, -0.05) is 18.2 Å². The van der Waals surface area contributed by atoms with E-state index < -0.39 is 0 Å². The number of hydrogen-bond acceptors (Lipinski definition) is 5. The summed E-state index contributed by atoms with van der Waals surface area (Å²) in [6.45, 7) is 0.778. The second-order valence-electron chi connectivity index (χ2n) is 6.08. The van der Waals surface area contributed by atoms with Crippen LogP contribution in [-0.2, 0) is 6.54 Å². The minimum Gasteiger partial charge on any atom is -0.435 e. The summed E-state index contributed by atoms with van der Waals surface area (Å²) in [4.78, 5) is 17.9. The van der Waals surface area contributed by atoms with E-state index in [9.17, 15) is 4.79 Å². The number of nitrogens with one attached hydrogen (secondary N) is 1. The van der Waals surface area contributed by atoms with Crippen molar-refractivity contribution >= 4 is 12.0 Å². The predicted octanol–water partition coefficient (Wildman–Crippen LogP) is 3.92. The highest BCUT2D eigenvalue weighted by Gasteiger charge is 2.17. The lowest BCUT2D eigenvalue weighted by Crippen LogP contribution is -2.12. The molecule has 3 aromatic rings.